The van der Waals surface area contributed by atoms with E-state index in [2.05, 4.69) is 27.8 Å². The van der Waals surface area contributed by atoms with E-state index in [1.165, 1.54) is 0 Å². The van der Waals surface area contributed by atoms with Crippen LogP contribution in [0.1, 0.15) is 18.4 Å². The van der Waals surface area contributed by atoms with Gasteiger partial charge >= 0.3 is 0 Å². The number of carbonyl (C=O) groups excluding carboxylic acids is 1. The Morgan fingerprint density at radius 3 is 2.86 bits per heavy atom. The summed E-state index contributed by atoms with van der Waals surface area (Å²) in [5.41, 5.74) is 2.52. The molecule has 2 N–H and O–H groups in total. The van der Waals surface area contributed by atoms with Gasteiger partial charge in [-0.05, 0) is 42.7 Å². The second kappa shape index (κ2) is 9.50. The summed E-state index contributed by atoms with van der Waals surface area (Å²) in [5, 5.41) is 24.4. The van der Waals surface area contributed by atoms with E-state index in [-0.39, 0.29) is 18.5 Å². The minimum atomic E-state index is -0.274. The van der Waals surface area contributed by atoms with Gasteiger partial charge < -0.3 is 15.5 Å². The van der Waals surface area contributed by atoms with Gasteiger partial charge in [-0.3, -0.25) is 4.79 Å². The number of likely N-dealkylation sites (tertiary alicyclic amines) is 1. The predicted molar refractivity (Wildman–Crippen MR) is 106 cm³/mol. The van der Waals surface area contributed by atoms with E-state index in [0.29, 0.717) is 25.2 Å². The molecule has 7 nitrogen and oxygen atoms in total. The summed E-state index contributed by atoms with van der Waals surface area (Å²) >= 11 is 0. The Labute approximate surface area is 164 Å². The lowest BCUT2D eigenvalue weighted by molar-refractivity contribution is -0.130. The molecule has 0 radical (unpaired) electrons. The summed E-state index contributed by atoms with van der Waals surface area (Å²) in [6.45, 7) is 2.15. The lowest BCUT2D eigenvalue weighted by atomic mass is 10.1. The molecule has 1 atom stereocenters. The van der Waals surface area contributed by atoms with Crippen molar-refractivity contribution in [1.29, 1.82) is 10.5 Å². The predicted octanol–water partition coefficient (Wildman–Crippen LogP) is 2.14. The number of benzene rings is 1. The Morgan fingerprint density at radius 2 is 2.11 bits per heavy atom. The molecule has 0 spiro atoms. The molecule has 0 bridgehead atoms. The topological polar surface area (TPSA) is 105 Å². The van der Waals surface area contributed by atoms with Crippen LogP contribution < -0.4 is 10.6 Å². The maximum atomic E-state index is 12.1. The smallest absolute Gasteiger partial charge is 0.237 e. The van der Waals surface area contributed by atoms with Crippen molar-refractivity contribution in [2.45, 2.75) is 18.9 Å². The molecule has 1 aliphatic heterocycles. The molecule has 7 heteroatoms. The zero-order valence-electron chi connectivity index (χ0n) is 15.6. The zero-order chi connectivity index (χ0) is 19.8. The third-order valence-corrected chi connectivity index (χ3v) is 4.69. The van der Waals surface area contributed by atoms with Crippen molar-refractivity contribution in [1.82, 2.24) is 15.2 Å². The van der Waals surface area contributed by atoms with Crippen LogP contribution in [-0.2, 0) is 4.79 Å². The van der Waals surface area contributed by atoms with Crippen LogP contribution in [0.4, 0.5) is 5.82 Å². The fraction of sp³-hybridized carbons (Fsp3) is 0.333. The largest absolute Gasteiger partial charge is 0.369 e. The van der Waals surface area contributed by atoms with E-state index in [1.807, 2.05) is 30.3 Å². The molecule has 0 saturated carbocycles. The van der Waals surface area contributed by atoms with Crippen LogP contribution in [0.25, 0.3) is 11.1 Å². The lowest BCUT2D eigenvalue weighted by Crippen LogP contribution is -2.41. The van der Waals surface area contributed by atoms with Crippen molar-refractivity contribution in [2.75, 3.05) is 31.5 Å². The molecule has 1 aliphatic rings. The average molecular weight is 374 g/mol. The van der Waals surface area contributed by atoms with Crippen molar-refractivity contribution in [3.63, 3.8) is 0 Å². The maximum absolute atomic E-state index is 12.1. The van der Waals surface area contributed by atoms with Gasteiger partial charge in [0.1, 0.15) is 11.9 Å². The van der Waals surface area contributed by atoms with E-state index >= 15 is 0 Å². The van der Waals surface area contributed by atoms with Gasteiger partial charge in [-0.15, -0.1) is 0 Å². The molecule has 1 aromatic carbocycles. The Morgan fingerprint density at radius 1 is 1.21 bits per heavy atom. The molecule has 2 heterocycles. The first-order chi connectivity index (χ1) is 13.7. The molecule has 1 amide bonds. The molecule has 1 aromatic heterocycles. The quantitative estimate of drug-likeness (QED) is 0.720. The van der Waals surface area contributed by atoms with Crippen molar-refractivity contribution in [3.8, 4) is 23.3 Å². The molecule has 0 aliphatic carbocycles. The van der Waals surface area contributed by atoms with Crippen molar-refractivity contribution in [3.05, 3.63) is 48.2 Å². The summed E-state index contributed by atoms with van der Waals surface area (Å²) in [6, 6.07) is 15.3. The number of anilines is 1. The van der Waals surface area contributed by atoms with E-state index in [4.69, 9.17) is 10.5 Å². The maximum Gasteiger partial charge on any atom is 0.237 e. The van der Waals surface area contributed by atoms with Crippen LogP contribution in [0.5, 0.6) is 0 Å². The molecule has 1 fully saturated rings. The first kappa shape index (κ1) is 19.3. The lowest BCUT2D eigenvalue weighted by Gasteiger charge is -2.19. The third kappa shape index (κ3) is 4.85. The summed E-state index contributed by atoms with van der Waals surface area (Å²) < 4.78 is 0. The van der Waals surface area contributed by atoms with Crippen LogP contribution in [0.2, 0.25) is 0 Å². The van der Waals surface area contributed by atoms with Gasteiger partial charge in [0.25, 0.3) is 0 Å². The van der Waals surface area contributed by atoms with Crippen LogP contribution in [0, 0.1) is 22.7 Å². The molecular formula is C21H22N6O. The highest BCUT2D eigenvalue weighted by molar-refractivity contribution is 5.79. The first-order valence-electron chi connectivity index (χ1n) is 9.31. The van der Waals surface area contributed by atoms with Gasteiger partial charge in [0.2, 0.25) is 5.91 Å². The monoisotopic (exact) mass is 374 g/mol. The highest BCUT2D eigenvalue weighted by atomic mass is 16.2. The Kier molecular flexibility index (Phi) is 6.56. The number of aromatic nitrogens is 1. The minimum absolute atomic E-state index is 0.0221. The zero-order valence-corrected chi connectivity index (χ0v) is 15.6. The molecular weight excluding hydrogens is 352 g/mol. The number of pyridine rings is 1. The summed E-state index contributed by atoms with van der Waals surface area (Å²) in [4.78, 5) is 18.2. The van der Waals surface area contributed by atoms with Gasteiger partial charge in [-0.25, -0.2) is 4.98 Å². The summed E-state index contributed by atoms with van der Waals surface area (Å²) in [5.74, 6) is 0.725. The van der Waals surface area contributed by atoms with E-state index in [0.717, 1.165) is 29.8 Å². The van der Waals surface area contributed by atoms with Crippen molar-refractivity contribution >= 4 is 11.7 Å². The van der Waals surface area contributed by atoms with E-state index in [9.17, 15) is 4.79 Å². The number of hydrogen-bond acceptors (Lipinski definition) is 6. The number of nitriles is 2. The summed E-state index contributed by atoms with van der Waals surface area (Å²) in [7, 11) is 0. The van der Waals surface area contributed by atoms with Crippen LogP contribution in [0.15, 0.2) is 42.6 Å². The van der Waals surface area contributed by atoms with Crippen LogP contribution in [-0.4, -0.2) is 48.0 Å². The SMILES string of the molecule is N#Cc1cccc(-c2ccc(NCCNCC(=O)N3CCCC3C#N)nc2)c1. The molecule has 1 unspecified atom stereocenters. The van der Waals surface area contributed by atoms with E-state index < -0.39 is 0 Å². The Bertz CT molecular complexity index is 896. The molecule has 3 rings (SSSR count). The number of nitrogens with zero attached hydrogens (tertiary/aromatic N) is 4. The van der Waals surface area contributed by atoms with Gasteiger partial charge in [-0.1, -0.05) is 12.1 Å². The first-order valence-corrected chi connectivity index (χ1v) is 9.31. The Hall–Kier alpha value is -3.42. The number of nitrogens with one attached hydrogen (secondary N) is 2. The number of hydrogen-bond donors (Lipinski definition) is 2. The molecule has 2 aromatic rings. The van der Waals surface area contributed by atoms with Gasteiger partial charge in [-0.2, -0.15) is 10.5 Å². The fourth-order valence-electron chi connectivity index (χ4n) is 3.21. The van der Waals surface area contributed by atoms with E-state index in [1.54, 1.807) is 17.2 Å². The van der Waals surface area contributed by atoms with Crippen molar-refractivity contribution in [2.24, 2.45) is 0 Å². The van der Waals surface area contributed by atoms with Crippen LogP contribution in [0.3, 0.4) is 0 Å². The minimum Gasteiger partial charge on any atom is -0.369 e. The number of rotatable bonds is 7. The average Bonchev–Trinajstić information content (AvgIpc) is 3.23. The second-order valence-electron chi connectivity index (χ2n) is 6.60. The van der Waals surface area contributed by atoms with Crippen molar-refractivity contribution < 1.29 is 4.79 Å². The fourth-order valence-corrected chi connectivity index (χ4v) is 3.21. The Balaban J connectivity index is 1.41. The molecule has 142 valence electrons. The van der Waals surface area contributed by atoms with Gasteiger partial charge in [0.05, 0.1) is 24.2 Å². The third-order valence-electron chi connectivity index (χ3n) is 4.69. The summed E-state index contributed by atoms with van der Waals surface area (Å²) in [6.07, 6.45) is 3.44. The van der Waals surface area contributed by atoms with Gasteiger partial charge in [0.15, 0.2) is 0 Å². The number of carbonyl (C=O) groups is 1. The highest BCUT2D eigenvalue weighted by Gasteiger charge is 2.27. The standard InChI is InChI=1S/C21H22N6O/c22-12-16-3-1-4-17(11-16)18-6-7-20(26-14-18)25-9-8-24-15-21(28)27-10-2-5-19(27)13-23/h1,3-4,6-7,11,14,19,24H,2,5,8-10,15H2,(H,25,26). The molecule has 28 heavy (non-hydrogen) atoms. The second-order valence-corrected chi connectivity index (χ2v) is 6.60. The highest BCUT2D eigenvalue weighted by Crippen LogP contribution is 2.20. The number of amides is 1. The molecule has 1 saturated heterocycles. The van der Waals surface area contributed by atoms with Crippen LogP contribution >= 0.6 is 0 Å². The van der Waals surface area contributed by atoms with Gasteiger partial charge in [0, 0.05) is 31.4 Å². The normalized spacial score (nSPS) is 15.6.